The first-order valence-electron chi connectivity index (χ1n) is 5.10. The van der Waals surface area contributed by atoms with Crippen molar-refractivity contribution in [1.82, 2.24) is 4.98 Å². The van der Waals surface area contributed by atoms with Crippen LogP contribution in [0.5, 0.6) is 0 Å². The standard InChI is InChI=1S/C8H8OS.C4H5N.CH2OS/c10-7-9-6-8-4-2-1-3-5-8;1-2-4-5-3-1;2-1-3/h1-5,7H,6H2;1-5H;1H,(H,2,3). The van der Waals surface area contributed by atoms with E-state index in [1.807, 2.05) is 54.9 Å². The summed E-state index contributed by atoms with van der Waals surface area (Å²) in [5.74, 6) is 0. The molecule has 2 rings (SSSR count). The Bertz CT molecular complexity index is 373. The average molecular weight is 281 g/mol. The molecule has 96 valence electrons. The summed E-state index contributed by atoms with van der Waals surface area (Å²) in [7, 11) is 0. The number of H-pyrrole nitrogens is 1. The van der Waals surface area contributed by atoms with Crippen molar-refractivity contribution in [1.29, 1.82) is 0 Å². The van der Waals surface area contributed by atoms with Crippen LogP contribution in [-0.4, -0.2) is 21.2 Å². The molecular formula is C13H15NO2S2. The molecule has 2 N–H and O–H groups in total. The van der Waals surface area contributed by atoms with Gasteiger partial charge in [-0.3, -0.25) is 0 Å². The van der Waals surface area contributed by atoms with Gasteiger partial charge in [0, 0.05) is 12.4 Å². The van der Waals surface area contributed by atoms with Crippen molar-refractivity contribution in [3.05, 3.63) is 60.4 Å². The second-order valence-corrected chi connectivity index (χ2v) is 3.29. The second-order valence-electron chi connectivity index (χ2n) is 2.88. The van der Waals surface area contributed by atoms with E-state index in [4.69, 9.17) is 9.84 Å². The molecule has 1 aromatic carbocycles. The van der Waals surface area contributed by atoms with Crippen molar-refractivity contribution in [2.45, 2.75) is 6.61 Å². The summed E-state index contributed by atoms with van der Waals surface area (Å²) < 4.78 is 4.91. The Morgan fingerprint density at radius 2 is 1.61 bits per heavy atom. The smallest absolute Gasteiger partial charge is 0.146 e. The lowest BCUT2D eigenvalue weighted by Gasteiger charge is -1.97. The Balaban J connectivity index is 0.000000301. The molecule has 0 radical (unpaired) electrons. The van der Waals surface area contributed by atoms with Crippen LogP contribution in [0.15, 0.2) is 54.9 Å². The Hall–Kier alpha value is -1.72. The van der Waals surface area contributed by atoms with Gasteiger partial charge in [-0.15, -0.1) is 0 Å². The Labute approximate surface area is 117 Å². The quantitative estimate of drug-likeness (QED) is 0.843. The molecule has 0 saturated heterocycles. The van der Waals surface area contributed by atoms with Crippen molar-refractivity contribution in [2.75, 3.05) is 0 Å². The van der Waals surface area contributed by atoms with Crippen LogP contribution in [0.4, 0.5) is 0 Å². The topological polar surface area (TPSA) is 45.2 Å². The van der Waals surface area contributed by atoms with Gasteiger partial charge in [0.2, 0.25) is 0 Å². The highest BCUT2D eigenvalue weighted by molar-refractivity contribution is 7.78. The number of rotatable bonds is 3. The van der Waals surface area contributed by atoms with Crippen molar-refractivity contribution in [2.24, 2.45) is 0 Å². The summed E-state index contributed by atoms with van der Waals surface area (Å²) in [5, 5.41) is 7.26. The number of aliphatic hydroxyl groups is 1. The van der Waals surface area contributed by atoms with E-state index in [0.29, 0.717) is 12.2 Å². The van der Waals surface area contributed by atoms with E-state index < -0.39 is 0 Å². The van der Waals surface area contributed by atoms with Crippen molar-refractivity contribution < 1.29 is 9.84 Å². The van der Waals surface area contributed by atoms with Gasteiger partial charge in [0.1, 0.15) is 17.7 Å². The molecule has 0 aliphatic rings. The highest BCUT2D eigenvalue weighted by atomic mass is 32.1. The summed E-state index contributed by atoms with van der Waals surface area (Å²) in [4.78, 5) is 2.86. The molecule has 0 amide bonds. The minimum absolute atomic E-state index is 0.574. The van der Waals surface area contributed by atoms with Crippen LogP contribution in [0.2, 0.25) is 0 Å². The number of ether oxygens (including phenoxy) is 1. The minimum atomic E-state index is 0.574. The minimum Gasteiger partial charge on any atom is -0.504 e. The third kappa shape index (κ3) is 10.8. The number of hydrogen-bond donors (Lipinski definition) is 2. The Morgan fingerprint density at radius 1 is 1.06 bits per heavy atom. The molecule has 2 aromatic rings. The fraction of sp³-hybridized carbons (Fsp3) is 0.0769. The maximum Gasteiger partial charge on any atom is 0.146 e. The molecule has 0 aliphatic carbocycles. The van der Waals surface area contributed by atoms with Gasteiger partial charge >= 0.3 is 0 Å². The average Bonchev–Trinajstić information content (AvgIpc) is 2.98. The van der Waals surface area contributed by atoms with Crippen LogP contribution in [0, 0.1) is 0 Å². The molecular weight excluding hydrogens is 266 g/mol. The van der Waals surface area contributed by atoms with Gasteiger partial charge in [0.15, 0.2) is 0 Å². The summed E-state index contributed by atoms with van der Waals surface area (Å²) >= 11 is 8.33. The fourth-order valence-electron chi connectivity index (χ4n) is 0.982. The van der Waals surface area contributed by atoms with Gasteiger partial charge in [-0.1, -0.05) is 30.3 Å². The second kappa shape index (κ2) is 13.3. The number of aromatic nitrogens is 1. The van der Waals surface area contributed by atoms with Gasteiger partial charge in [0.05, 0.1) is 0 Å². The van der Waals surface area contributed by atoms with E-state index in [1.54, 1.807) is 0 Å². The predicted octanol–water partition coefficient (Wildman–Crippen LogP) is 3.68. The van der Waals surface area contributed by atoms with Crippen LogP contribution in [0.25, 0.3) is 0 Å². The van der Waals surface area contributed by atoms with Crippen molar-refractivity contribution in [3.63, 3.8) is 0 Å². The lowest BCUT2D eigenvalue weighted by atomic mass is 10.2. The highest BCUT2D eigenvalue weighted by Crippen LogP contribution is 1.98. The lowest BCUT2D eigenvalue weighted by molar-refractivity contribution is 0.315. The molecule has 0 bridgehead atoms. The number of aromatic amines is 1. The molecule has 0 spiro atoms. The van der Waals surface area contributed by atoms with Gasteiger partial charge in [-0.05, 0) is 42.1 Å². The zero-order valence-corrected chi connectivity index (χ0v) is 11.4. The maximum absolute atomic E-state index is 7.26. The number of thiocarbonyl (C=S) groups is 2. The predicted molar refractivity (Wildman–Crippen MR) is 82.0 cm³/mol. The molecule has 1 aromatic heterocycles. The molecule has 0 unspecified atom stereocenters. The first-order valence-corrected chi connectivity index (χ1v) is 6.04. The Morgan fingerprint density at radius 3 is 2.00 bits per heavy atom. The number of nitrogens with one attached hydrogen (secondary N) is 1. The van der Waals surface area contributed by atoms with Gasteiger partial charge in [-0.25, -0.2) is 0 Å². The summed E-state index contributed by atoms with van der Waals surface area (Å²) in [6.45, 7) is 0.574. The van der Waals surface area contributed by atoms with E-state index in [9.17, 15) is 0 Å². The maximum atomic E-state index is 7.26. The monoisotopic (exact) mass is 281 g/mol. The number of hydrogen-bond acceptors (Lipinski definition) is 3. The summed E-state index contributed by atoms with van der Waals surface area (Å²) in [6, 6.07) is 13.8. The first-order chi connectivity index (χ1) is 8.85. The molecule has 0 atom stereocenters. The van der Waals surface area contributed by atoms with E-state index in [1.165, 1.54) is 5.55 Å². The third-order valence-corrected chi connectivity index (χ3v) is 1.79. The van der Waals surface area contributed by atoms with E-state index in [0.717, 1.165) is 5.56 Å². The first kappa shape index (κ1) is 16.3. The van der Waals surface area contributed by atoms with Gasteiger partial charge in [-0.2, -0.15) is 0 Å². The zero-order chi connectivity index (χ0) is 13.5. The molecule has 3 nitrogen and oxygen atoms in total. The SMILES string of the molecule is OC=S.S=COCc1ccccc1.c1cc[nH]c1. The van der Waals surface area contributed by atoms with Crippen LogP contribution in [0.3, 0.4) is 0 Å². The van der Waals surface area contributed by atoms with E-state index >= 15 is 0 Å². The van der Waals surface area contributed by atoms with Crippen molar-refractivity contribution >= 4 is 35.5 Å². The fourth-order valence-corrected chi connectivity index (χ4v) is 1.05. The molecule has 1 heterocycles. The number of benzene rings is 1. The lowest BCUT2D eigenvalue weighted by Crippen LogP contribution is -1.86. The largest absolute Gasteiger partial charge is 0.504 e. The Kier molecular flexibility index (Phi) is 12.1. The van der Waals surface area contributed by atoms with E-state index in [-0.39, 0.29) is 0 Å². The van der Waals surface area contributed by atoms with Crippen molar-refractivity contribution in [3.8, 4) is 0 Å². The molecule has 5 heteroatoms. The van der Waals surface area contributed by atoms with Crippen LogP contribution in [-0.2, 0) is 11.3 Å². The van der Waals surface area contributed by atoms with Crippen LogP contribution in [0.1, 0.15) is 5.56 Å². The van der Waals surface area contributed by atoms with Gasteiger partial charge in [0.25, 0.3) is 0 Å². The van der Waals surface area contributed by atoms with Crippen LogP contribution >= 0.6 is 24.4 Å². The molecule has 18 heavy (non-hydrogen) atoms. The highest BCUT2D eigenvalue weighted by Gasteiger charge is 1.86. The molecule has 0 fully saturated rings. The molecule has 0 aliphatic heterocycles. The molecule has 0 saturated carbocycles. The van der Waals surface area contributed by atoms with Gasteiger partial charge < -0.3 is 14.8 Å². The van der Waals surface area contributed by atoms with Crippen LogP contribution < -0.4 is 0 Å². The number of aliphatic hydroxyl groups excluding tert-OH is 1. The summed E-state index contributed by atoms with van der Waals surface area (Å²) in [6.07, 6.45) is 3.75. The van der Waals surface area contributed by atoms with E-state index in [2.05, 4.69) is 29.4 Å². The third-order valence-electron chi connectivity index (χ3n) is 1.66. The normalized spacial score (nSPS) is 7.78. The zero-order valence-electron chi connectivity index (χ0n) is 9.73. The summed E-state index contributed by atoms with van der Waals surface area (Å²) in [5.41, 5.74) is 3.01.